The lowest BCUT2D eigenvalue weighted by atomic mass is 9.98. The Labute approximate surface area is 84.2 Å². The highest BCUT2D eigenvalue weighted by Crippen LogP contribution is 2.40. The molecule has 3 heteroatoms. The van der Waals surface area contributed by atoms with Crippen LogP contribution in [-0.2, 0) is 0 Å². The summed E-state index contributed by atoms with van der Waals surface area (Å²) in [6, 6.07) is 0. The molecular weight excluding hydrogens is 186 g/mol. The van der Waals surface area contributed by atoms with Crippen molar-refractivity contribution in [3.63, 3.8) is 0 Å². The van der Waals surface area contributed by atoms with Gasteiger partial charge in [0.05, 0.1) is 0 Å². The third kappa shape index (κ3) is 2.86. The Balaban J connectivity index is 2.24. The molecular formula is C9H19NS2. The summed E-state index contributed by atoms with van der Waals surface area (Å²) >= 11 is 4.05. The smallest absolute Gasteiger partial charge is 0.0282 e. The van der Waals surface area contributed by atoms with Gasteiger partial charge < -0.3 is 5.73 Å². The molecule has 0 aromatic heterocycles. The third-order valence-corrected chi connectivity index (χ3v) is 4.91. The van der Waals surface area contributed by atoms with Crippen LogP contribution >= 0.6 is 23.5 Å². The van der Waals surface area contributed by atoms with Crippen LogP contribution in [-0.4, -0.2) is 29.1 Å². The summed E-state index contributed by atoms with van der Waals surface area (Å²) in [5.74, 6) is 2.62. The van der Waals surface area contributed by atoms with Gasteiger partial charge in [0.25, 0.3) is 0 Å². The van der Waals surface area contributed by atoms with Crippen LogP contribution in [0, 0.1) is 0 Å². The number of thioether (sulfide) groups is 2. The zero-order valence-electron chi connectivity index (χ0n) is 7.84. The molecule has 0 aromatic rings. The molecule has 12 heavy (non-hydrogen) atoms. The minimum atomic E-state index is 0.468. The minimum Gasteiger partial charge on any atom is -0.329 e. The SMILES string of the molecule is CSCCCC1(CN)CCCS1. The quantitative estimate of drug-likeness (QED) is 0.698. The van der Waals surface area contributed by atoms with Crippen molar-refractivity contribution in [2.24, 2.45) is 5.73 Å². The summed E-state index contributed by atoms with van der Waals surface area (Å²) in [6.07, 6.45) is 7.57. The predicted molar refractivity (Wildman–Crippen MR) is 61.1 cm³/mol. The molecule has 0 saturated carbocycles. The summed E-state index contributed by atoms with van der Waals surface area (Å²) in [6.45, 7) is 0.881. The molecule has 1 aliphatic rings. The Kier molecular flexibility index (Phi) is 4.84. The summed E-state index contributed by atoms with van der Waals surface area (Å²) in [5, 5.41) is 0. The topological polar surface area (TPSA) is 26.0 Å². The maximum absolute atomic E-state index is 5.82. The fraction of sp³-hybridized carbons (Fsp3) is 1.00. The summed E-state index contributed by atoms with van der Waals surface area (Å²) < 4.78 is 0.468. The van der Waals surface area contributed by atoms with Crippen molar-refractivity contribution < 1.29 is 0 Å². The molecule has 0 aromatic carbocycles. The summed E-state index contributed by atoms with van der Waals surface area (Å²) in [4.78, 5) is 0. The van der Waals surface area contributed by atoms with Crippen LogP contribution in [0.1, 0.15) is 25.7 Å². The normalized spacial score (nSPS) is 29.5. The summed E-state index contributed by atoms with van der Waals surface area (Å²) in [5.41, 5.74) is 5.82. The number of rotatable bonds is 5. The highest BCUT2D eigenvalue weighted by Gasteiger charge is 2.32. The fourth-order valence-corrected chi connectivity index (χ4v) is 3.60. The first-order chi connectivity index (χ1) is 5.83. The number of hydrogen-bond acceptors (Lipinski definition) is 3. The highest BCUT2D eigenvalue weighted by atomic mass is 32.2. The van der Waals surface area contributed by atoms with Gasteiger partial charge in [-0.15, -0.1) is 0 Å². The third-order valence-electron chi connectivity index (χ3n) is 2.54. The average Bonchev–Trinajstić information content (AvgIpc) is 2.55. The molecule has 2 N–H and O–H groups in total. The van der Waals surface area contributed by atoms with Gasteiger partial charge in [0, 0.05) is 11.3 Å². The van der Waals surface area contributed by atoms with Gasteiger partial charge in [-0.25, -0.2) is 0 Å². The predicted octanol–water partition coefficient (Wildman–Crippen LogP) is 2.35. The maximum atomic E-state index is 5.82. The van der Waals surface area contributed by atoms with Gasteiger partial charge in [0.15, 0.2) is 0 Å². The monoisotopic (exact) mass is 205 g/mol. The van der Waals surface area contributed by atoms with Crippen LogP contribution < -0.4 is 5.73 Å². The molecule has 0 aliphatic carbocycles. The van der Waals surface area contributed by atoms with E-state index in [-0.39, 0.29) is 0 Å². The molecule has 1 saturated heterocycles. The lowest BCUT2D eigenvalue weighted by Crippen LogP contribution is -2.31. The van der Waals surface area contributed by atoms with Gasteiger partial charge >= 0.3 is 0 Å². The molecule has 72 valence electrons. The van der Waals surface area contributed by atoms with Crippen LogP contribution in [0.5, 0.6) is 0 Å². The van der Waals surface area contributed by atoms with Gasteiger partial charge in [0.2, 0.25) is 0 Å². The first-order valence-corrected chi connectivity index (χ1v) is 7.04. The number of nitrogens with two attached hydrogens (primary N) is 1. The van der Waals surface area contributed by atoms with E-state index in [0.29, 0.717) is 4.75 Å². The Morgan fingerprint density at radius 3 is 2.92 bits per heavy atom. The molecule has 1 nitrogen and oxygen atoms in total. The van der Waals surface area contributed by atoms with E-state index in [9.17, 15) is 0 Å². The van der Waals surface area contributed by atoms with E-state index < -0.39 is 0 Å². The molecule has 0 spiro atoms. The second-order valence-corrected chi connectivity index (χ2v) is 5.98. The first kappa shape index (κ1) is 10.7. The maximum Gasteiger partial charge on any atom is 0.0282 e. The van der Waals surface area contributed by atoms with Crippen LogP contribution in [0.3, 0.4) is 0 Å². The fourth-order valence-electron chi connectivity index (χ4n) is 1.75. The van der Waals surface area contributed by atoms with Crippen molar-refractivity contribution in [2.75, 3.05) is 24.3 Å². The van der Waals surface area contributed by atoms with Crippen molar-refractivity contribution >= 4 is 23.5 Å². The molecule has 0 radical (unpaired) electrons. The van der Waals surface area contributed by atoms with Gasteiger partial charge in [0.1, 0.15) is 0 Å². The lowest BCUT2D eigenvalue weighted by Gasteiger charge is -2.25. The van der Waals surface area contributed by atoms with E-state index >= 15 is 0 Å². The Morgan fingerprint density at radius 1 is 1.58 bits per heavy atom. The molecule has 0 bridgehead atoms. The van der Waals surface area contributed by atoms with Crippen LogP contribution in [0.2, 0.25) is 0 Å². The first-order valence-electron chi connectivity index (χ1n) is 4.66. The van der Waals surface area contributed by atoms with Crippen molar-refractivity contribution in [1.82, 2.24) is 0 Å². The Bertz CT molecular complexity index is 122. The molecule has 1 fully saturated rings. The summed E-state index contributed by atoms with van der Waals surface area (Å²) in [7, 11) is 0. The van der Waals surface area contributed by atoms with Crippen molar-refractivity contribution in [1.29, 1.82) is 0 Å². The molecule has 1 rings (SSSR count). The van der Waals surface area contributed by atoms with Crippen molar-refractivity contribution in [3.8, 4) is 0 Å². The van der Waals surface area contributed by atoms with Gasteiger partial charge in [-0.3, -0.25) is 0 Å². The van der Waals surface area contributed by atoms with Gasteiger partial charge in [-0.1, -0.05) is 0 Å². The molecule has 1 aliphatic heterocycles. The van der Waals surface area contributed by atoms with E-state index in [1.54, 1.807) is 0 Å². The largest absolute Gasteiger partial charge is 0.329 e. The van der Waals surface area contributed by atoms with E-state index in [0.717, 1.165) is 6.54 Å². The number of hydrogen-bond donors (Lipinski definition) is 1. The zero-order chi connectivity index (χ0) is 8.86. The molecule has 1 unspecified atom stereocenters. The molecule has 0 amide bonds. The van der Waals surface area contributed by atoms with E-state index in [4.69, 9.17) is 5.73 Å². The lowest BCUT2D eigenvalue weighted by molar-refractivity contribution is 0.522. The molecule has 1 heterocycles. The van der Waals surface area contributed by atoms with Crippen molar-refractivity contribution in [3.05, 3.63) is 0 Å². The van der Waals surface area contributed by atoms with Crippen LogP contribution in [0.15, 0.2) is 0 Å². The van der Waals surface area contributed by atoms with Crippen molar-refractivity contribution in [2.45, 2.75) is 30.4 Å². The minimum absolute atomic E-state index is 0.468. The highest BCUT2D eigenvalue weighted by molar-refractivity contribution is 8.01. The Hall–Kier alpha value is 0.660. The van der Waals surface area contributed by atoms with Crippen LogP contribution in [0.4, 0.5) is 0 Å². The van der Waals surface area contributed by atoms with E-state index in [1.165, 1.54) is 37.2 Å². The molecule has 1 atom stereocenters. The van der Waals surface area contributed by atoms with Gasteiger partial charge in [-0.2, -0.15) is 23.5 Å². The van der Waals surface area contributed by atoms with Gasteiger partial charge in [-0.05, 0) is 43.4 Å². The Morgan fingerprint density at radius 2 is 2.42 bits per heavy atom. The standard InChI is InChI=1S/C9H19NS2/c1-11-6-2-4-9(8-10)5-3-7-12-9/h2-8,10H2,1H3. The van der Waals surface area contributed by atoms with E-state index in [2.05, 4.69) is 18.0 Å². The zero-order valence-corrected chi connectivity index (χ0v) is 9.48. The average molecular weight is 205 g/mol. The second-order valence-electron chi connectivity index (χ2n) is 3.44. The van der Waals surface area contributed by atoms with E-state index in [1.807, 2.05) is 11.8 Å². The van der Waals surface area contributed by atoms with Crippen LogP contribution in [0.25, 0.3) is 0 Å². The second kappa shape index (κ2) is 5.40.